The van der Waals surface area contributed by atoms with Gasteiger partial charge in [0.25, 0.3) is 16.4 Å². The fraction of sp³-hybridized carbons (Fsp3) is 0.385. The van der Waals surface area contributed by atoms with Gasteiger partial charge in [-0.2, -0.15) is 13.5 Å². The Bertz CT molecular complexity index is 833. The number of alkyl halides is 2. The predicted octanol–water partition coefficient (Wildman–Crippen LogP) is 1.81. The first-order valence-corrected chi connectivity index (χ1v) is 8.05. The van der Waals surface area contributed by atoms with Crippen LogP contribution in [0.15, 0.2) is 23.5 Å². The molecule has 0 amide bonds. The molecule has 0 spiro atoms. The molecule has 3 heterocycles. The molecule has 0 aliphatic carbocycles. The molecule has 0 saturated heterocycles. The summed E-state index contributed by atoms with van der Waals surface area (Å²) in [6.45, 7) is 1.58. The van der Waals surface area contributed by atoms with E-state index in [4.69, 9.17) is 0 Å². The third-order valence-electron chi connectivity index (χ3n) is 3.70. The molecule has 0 unspecified atom stereocenters. The maximum atomic E-state index is 13.3. The lowest BCUT2D eigenvalue weighted by atomic mass is 10.2. The summed E-state index contributed by atoms with van der Waals surface area (Å²) < 4.78 is 54.4. The van der Waals surface area contributed by atoms with Crippen molar-refractivity contribution in [2.24, 2.45) is 7.05 Å². The Kier molecular flexibility index (Phi) is 3.39. The molecular formula is C13H14F2N4O2S. The van der Waals surface area contributed by atoms with E-state index in [1.807, 2.05) is 0 Å². The van der Waals surface area contributed by atoms with Gasteiger partial charge in [-0.25, -0.2) is 8.78 Å². The van der Waals surface area contributed by atoms with Crippen LogP contribution in [-0.4, -0.2) is 29.7 Å². The lowest BCUT2D eigenvalue weighted by Crippen LogP contribution is -2.31. The summed E-state index contributed by atoms with van der Waals surface area (Å²) in [5.41, 5.74) is 0.743. The lowest BCUT2D eigenvalue weighted by molar-refractivity contribution is 0.146. The van der Waals surface area contributed by atoms with Crippen LogP contribution < -0.4 is 4.31 Å². The molecule has 0 N–H and O–H groups in total. The number of aryl methyl sites for hydroxylation is 2. The Hall–Kier alpha value is -2.03. The fourth-order valence-corrected chi connectivity index (χ4v) is 4.63. The van der Waals surface area contributed by atoms with Gasteiger partial charge in [0.2, 0.25) is 0 Å². The van der Waals surface area contributed by atoms with Crippen molar-refractivity contribution in [2.75, 3.05) is 10.8 Å². The summed E-state index contributed by atoms with van der Waals surface area (Å²) in [6.07, 6.45) is 0.671. The van der Waals surface area contributed by atoms with Gasteiger partial charge in [-0.15, -0.1) is 0 Å². The molecule has 0 fully saturated rings. The highest BCUT2D eigenvalue weighted by Gasteiger charge is 2.37. The van der Waals surface area contributed by atoms with Crippen LogP contribution in [0.5, 0.6) is 0 Å². The minimum atomic E-state index is -4.11. The third kappa shape index (κ3) is 2.07. The average molecular weight is 328 g/mol. The zero-order valence-electron chi connectivity index (χ0n) is 12.0. The van der Waals surface area contributed by atoms with Crippen molar-refractivity contribution < 1.29 is 17.2 Å². The Balaban J connectivity index is 2.17. The Morgan fingerprint density at radius 1 is 1.36 bits per heavy atom. The van der Waals surface area contributed by atoms with E-state index in [2.05, 4.69) is 10.1 Å². The topological polar surface area (TPSA) is 68.1 Å². The van der Waals surface area contributed by atoms with E-state index in [9.17, 15) is 17.2 Å². The first-order chi connectivity index (χ1) is 10.3. The van der Waals surface area contributed by atoms with Crippen molar-refractivity contribution in [2.45, 2.75) is 24.8 Å². The number of rotatable bonds is 3. The molecule has 2 aromatic heterocycles. The second-order valence-electron chi connectivity index (χ2n) is 5.06. The summed E-state index contributed by atoms with van der Waals surface area (Å²) in [4.78, 5) is 3.95. The number of sulfonamides is 1. The quantitative estimate of drug-likeness (QED) is 0.862. The SMILES string of the molecule is Cc1nn(C)c(S(=O)(=O)N2CCc3cnccc32)c1C(F)F. The van der Waals surface area contributed by atoms with E-state index in [1.165, 1.54) is 20.2 Å². The summed E-state index contributed by atoms with van der Waals surface area (Å²) in [6, 6.07) is 1.57. The second kappa shape index (κ2) is 5.01. The van der Waals surface area contributed by atoms with Crippen LogP contribution in [-0.2, 0) is 23.5 Å². The van der Waals surface area contributed by atoms with Crippen molar-refractivity contribution in [1.29, 1.82) is 0 Å². The van der Waals surface area contributed by atoms with Gasteiger partial charge in [-0.05, 0) is 25.0 Å². The van der Waals surface area contributed by atoms with E-state index in [-0.39, 0.29) is 12.2 Å². The van der Waals surface area contributed by atoms with Crippen LogP contribution in [0, 0.1) is 6.92 Å². The molecule has 2 aromatic rings. The van der Waals surface area contributed by atoms with Crippen LogP contribution in [0.4, 0.5) is 14.5 Å². The molecule has 6 nitrogen and oxygen atoms in total. The highest BCUT2D eigenvalue weighted by atomic mass is 32.2. The molecular weight excluding hydrogens is 314 g/mol. The highest BCUT2D eigenvalue weighted by Crippen LogP contribution is 2.36. The van der Waals surface area contributed by atoms with Crippen LogP contribution in [0.1, 0.15) is 23.2 Å². The molecule has 0 saturated carbocycles. The van der Waals surface area contributed by atoms with Crippen molar-refractivity contribution in [3.05, 3.63) is 35.3 Å². The van der Waals surface area contributed by atoms with E-state index < -0.39 is 27.0 Å². The number of hydrogen-bond donors (Lipinski definition) is 0. The largest absolute Gasteiger partial charge is 0.282 e. The van der Waals surface area contributed by atoms with Gasteiger partial charge in [-0.1, -0.05) is 0 Å². The summed E-state index contributed by atoms with van der Waals surface area (Å²) in [5.74, 6) is 0. The van der Waals surface area contributed by atoms with E-state index >= 15 is 0 Å². The van der Waals surface area contributed by atoms with Gasteiger partial charge < -0.3 is 0 Å². The number of hydrogen-bond acceptors (Lipinski definition) is 4. The zero-order chi connectivity index (χ0) is 16.1. The Labute approximate surface area is 126 Å². The molecule has 1 aliphatic rings. The van der Waals surface area contributed by atoms with Crippen molar-refractivity contribution in [1.82, 2.24) is 14.8 Å². The molecule has 9 heteroatoms. The van der Waals surface area contributed by atoms with Crippen molar-refractivity contribution >= 4 is 15.7 Å². The Morgan fingerprint density at radius 2 is 2.09 bits per heavy atom. The molecule has 3 rings (SSSR count). The van der Waals surface area contributed by atoms with Crippen LogP contribution in [0.25, 0.3) is 0 Å². The minimum absolute atomic E-state index is 0.0187. The van der Waals surface area contributed by atoms with Gasteiger partial charge in [0.15, 0.2) is 5.03 Å². The number of aromatic nitrogens is 3. The number of fused-ring (bicyclic) bond motifs is 1. The molecule has 0 radical (unpaired) electrons. The van der Waals surface area contributed by atoms with Crippen LogP contribution in [0.3, 0.4) is 0 Å². The lowest BCUT2D eigenvalue weighted by Gasteiger charge is -2.20. The van der Waals surface area contributed by atoms with Crippen molar-refractivity contribution in [3.8, 4) is 0 Å². The summed E-state index contributed by atoms with van der Waals surface area (Å²) in [7, 11) is -2.76. The summed E-state index contributed by atoms with van der Waals surface area (Å²) in [5, 5.41) is 3.39. The number of nitrogens with zero attached hydrogens (tertiary/aromatic N) is 4. The third-order valence-corrected chi connectivity index (χ3v) is 5.63. The standard InChI is InChI=1S/C13H14F2N4O2S/c1-8-11(12(14)15)13(18(2)17-8)22(20,21)19-6-4-9-7-16-5-3-10(9)19/h3,5,7,12H,4,6H2,1-2H3. The number of halogens is 2. The van der Waals surface area contributed by atoms with E-state index in [1.54, 1.807) is 12.3 Å². The molecule has 1 aliphatic heterocycles. The first-order valence-electron chi connectivity index (χ1n) is 6.61. The average Bonchev–Trinajstić information content (AvgIpc) is 2.99. The Morgan fingerprint density at radius 3 is 2.77 bits per heavy atom. The monoisotopic (exact) mass is 328 g/mol. The molecule has 22 heavy (non-hydrogen) atoms. The normalized spacial score (nSPS) is 14.7. The number of anilines is 1. The van der Waals surface area contributed by atoms with Gasteiger partial charge in [0.1, 0.15) is 0 Å². The van der Waals surface area contributed by atoms with Crippen LogP contribution in [0.2, 0.25) is 0 Å². The predicted molar refractivity (Wildman–Crippen MR) is 75.4 cm³/mol. The smallest absolute Gasteiger partial charge is 0.264 e. The van der Waals surface area contributed by atoms with E-state index in [0.717, 1.165) is 14.6 Å². The van der Waals surface area contributed by atoms with Crippen LogP contribution >= 0.6 is 0 Å². The van der Waals surface area contributed by atoms with E-state index in [0.29, 0.717) is 12.1 Å². The molecule has 0 aromatic carbocycles. The highest BCUT2D eigenvalue weighted by molar-refractivity contribution is 7.92. The summed E-state index contributed by atoms with van der Waals surface area (Å²) >= 11 is 0. The van der Waals surface area contributed by atoms with Gasteiger partial charge in [-0.3, -0.25) is 14.0 Å². The van der Waals surface area contributed by atoms with Crippen molar-refractivity contribution in [3.63, 3.8) is 0 Å². The fourth-order valence-electron chi connectivity index (χ4n) is 2.76. The van der Waals surface area contributed by atoms with Gasteiger partial charge in [0, 0.05) is 26.0 Å². The minimum Gasteiger partial charge on any atom is -0.264 e. The maximum absolute atomic E-state index is 13.3. The second-order valence-corrected chi connectivity index (χ2v) is 6.84. The van der Waals surface area contributed by atoms with Gasteiger partial charge >= 0.3 is 0 Å². The zero-order valence-corrected chi connectivity index (χ0v) is 12.8. The molecule has 118 valence electrons. The first kappa shape index (κ1) is 14.9. The number of pyridine rings is 1. The molecule has 0 bridgehead atoms. The van der Waals surface area contributed by atoms with Gasteiger partial charge in [0.05, 0.1) is 16.9 Å². The molecule has 0 atom stereocenters. The maximum Gasteiger partial charge on any atom is 0.282 e.